The second-order valence-corrected chi connectivity index (χ2v) is 6.68. The van der Waals surface area contributed by atoms with Crippen molar-refractivity contribution >= 4 is 24.3 Å². The van der Waals surface area contributed by atoms with E-state index in [9.17, 15) is 9.59 Å². The maximum atomic E-state index is 12.0. The van der Waals surface area contributed by atoms with Gasteiger partial charge in [-0.3, -0.25) is 4.79 Å². The lowest BCUT2D eigenvalue weighted by atomic mass is 9.78. The zero-order valence-corrected chi connectivity index (χ0v) is 14.3. The highest BCUT2D eigenvalue weighted by Crippen LogP contribution is 2.36. The fourth-order valence-corrected chi connectivity index (χ4v) is 2.15. The predicted octanol–water partition coefficient (Wildman–Crippen LogP) is 2.12. The average Bonchev–Trinajstić information content (AvgIpc) is 2.72. The van der Waals surface area contributed by atoms with Crippen LogP contribution in [0.5, 0.6) is 0 Å². The molecule has 1 aromatic carbocycles. The van der Waals surface area contributed by atoms with Crippen molar-refractivity contribution in [3.8, 4) is 0 Å². The third kappa shape index (κ3) is 3.64. The SMILES string of the molecule is CCCOC(=O)C(=O)c1ccc(B2OC(C)(C)C(C)(C)O2)cc1. The number of Topliss-reactive ketones (excluding diaryl/α,β-unsaturated/α-hetero) is 1. The number of hydrogen-bond acceptors (Lipinski definition) is 5. The molecule has 1 heterocycles. The van der Waals surface area contributed by atoms with Gasteiger partial charge in [0, 0.05) is 5.56 Å². The van der Waals surface area contributed by atoms with Crippen molar-refractivity contribution in [1.29, 1.82) is 0 Å². The van der Waals surface area contributed by atoms with E-state index in [-0.39, 0.29) is 6.61 Å². The lowest BCUT2D eigenvalue weighted by molar-refractivity contribution is -0.138. The van der Waals surface area contributed by atoms with Gasteiger partial charge in [0.15, 0.2) is 0 Å². The molecule has 1 aliphatic heterocycles. The van der Waals surface area contributed by atoms with Gasteiger partial charge < -0.3 is 14.0 Å². The zero-order valence-electron chi connectivity index (χ0n) is 14.3. The minimum absolute atomic E-state index is 0.247. The summed E-state index contributed by atoms with van der Waals surface area (Å²) >= 11 is 0. The normalized spacial score (nSPS) is 18.7. The lowest BCUT2D eigenvalue weighted by Crippen LogP contribution is -2.41. The lowest BCUT2D eigenvalue weighted by Gasteiger charge is -2.32. The zero-order chi connectivity index (χ0) is 17.3. The Morgan fingerprint density at radius 2 is 1.57 bits per heavy atom. The van der Waals surface area contributed by atoms with Gasteiger partial charge in [0.05, 0.1) is 17.8 Å². The Morgan fingerprint density at radius 3 is 2.04 bits per heavy atom. The molecule has 0 spiro atoms. The fourth-order valence-electron chi connectivity index (χ4n) is 2.15. The number of carbonyl (C=O) groups excluding carboxylic acids is 2. The second-order valence-electron chi connectivity index (χ2n) is 6.68. The van der Waals surface area contributed by atoms with Crippen LogP contribution in [0.4, 0.5) is 0 Å². The van der Waals surface area contributed by atoms with Crippen LogP contribution >= 0.6 is 0 Å². The molecule has 1 fully saturated rings. The first-order valence-electron chi connectivity index (χ1n) is 7.85. The Bertz CT molecular complexity index is 576. The van der Waals surface area contributed by atoms with E-state index in [1.807, 2.05) is 34.6 Å². The Labute approximate surface area is 137 Å². The van der Waals surface area contributed by atoms with Gasteiger partial charge in [-0.1, -0.05) is 31.2 Å². The molecule has 6 heteroatoms. The van der Waals surface area contributed by atoms with Crippen molar-refractivity contribution in [2.45, 2.75) is 52.2 Å². The molecule has 0 N–H and O–H groups in total. The summed E-state index contributed by atoms with van der Waals surface area (Å²) < 4.78 is 16.8. The number of benzene rings is 1. The fraction of sp³-hybridized carbons (Fsp3) is 0.529. The molecule has 1 aromatic rings. The molecular weight excluding hydrogens is 295 g/mol. The summed E-state index contributed by atoms with van der Waals surface area (Å²) in [5, 5.41) is 0. The largest absolute Gasteiger partial charge is 0.494 e. The van der Waals surface area contributed by atoms with E-state index in [1.54, 1.807) is 24.3 Å². The Hall–Kier alpha value is -1.66. The quantitative estimate of drug-likeness (QED) is 0.360. The number of ether oxygens (including phenoxy) is 1. The number of esters is 1. The first-order valence-corrected chi connectivity index (χ1v) is 7.85. The molecule has 2 rings (SSSR count). The van der Waals surface area contributed by atoms with Crippen LogP contribution < -0.4 is 5.46 Å². The van der Waals surface area contributed by atoms with Crippen molar-refractivity contribution in [3.05, 3.63) is 29.8 Å². The Balaban J connectivity index is 2.09. The standard InChI is InChI=1S/C17H23BO5/c1-6-11-21-15(20)14(19)12-7-9-13(10-8-12)18-22-16(2,3)17(4,5)23-18/h7-10H,6,11H2,1-5H3. The highest BCUT2D eigenvalue weighted by Gasteiger charge is 2.51. The van der Waals surface area contributed by atoms with Gasteiger partial charge in [-0.15, -0.1) is 0 Å². The molecule has 0 aromatic heterocycles. The van der Waals surface area contributed by atoms with E-state index in [0.29, 0.717) is 12.0 Å². The number of rotatable bonds is 5. The molecule has 1 aliphatic rings. The maximum absolute atomic E-state index is 12.0. The van der Waals surface area contributed by atoms with Gasteiger partial charge in [0.25, 0.3) is 5.78 Å². The van der Waals surface area contributed by atoms with Crippen LogP contribution in [0, 0.1) is 0 Å². The molecule has 1 saturated heterocycles. The maximum Gasteiger partial charge on any atom is 0.494 e. The second kappa shape index (κ2) is 6.45. The van der Waals surface area contributed by atoms with Gasteiger partial charge in [-0.2, -0.15) is 0 Å². The molecule has 5 nitrogen and oxygen atoms in total. The van der Waals surface area contributed by atoms with E-state index in [0.717, 1.165) is 5.46 Å². The summed E-state index contributed by atoms with van der Waals surface area (Å²) in [4.78, 5) is 23.5. The van der Waals surface area contributed by atoms with Crippen molar-refractivity contribution in [2.75, 3.05) is 6.61 Å². The smallest absolute Gasteiger partial charge is 0.460 e. The number of hydrogen-bond donors (Lipinski definition) is 0. The van der Waals surface area contributed by atoms with E-state index >= 15 is 0 Å². The topological polar surface area (TPSA) is 61.8 Å². The van der Waals surface area contributed by atoms with Crippen LogP contribution in [-0.2, 0) is 18.8 Å². The van der Waals surface area contributed by atoms with Crippen molar-refractivity contribution < 1.29 is 23.6 Å². The summed E-state index contributed by atoms with van der Waals surface area (Å²) in [6.45, 7) is 10.0. The Kier molecular flexibility index (Phi) is 4.97. The van der Waals surface area contributed by atoms with Gasteiger partial charge in [-0.05, 0) is 39.6 Å². The van der Waals surface area contributed by atoms with Crippen LogP contribution in [0.25, 0.3) is 0 Å². The average molecular weight is 318 g/mol. The van der Waals surface area contributed by atoms with Crippen LogP contribution in [0.2, 0.25) is 0 Å². The molecule has 23 heavy (non-hydrogen) atoms. The highest BCUT2D eigenvalue weighted by molar-refractivity contribution is 6.62. The first kappa shape index (κ1) is 17.7. The van der Waals surface area contributed by atoms with E-state index in [4.69, 9.17) is 14.0 Å². The predicted molar refractivity (Wildman–Crippen MR) is 87.7 cm³/mol. The molecule has 0 unspecified atom stereocenters. The van der Waals surface area contributed by atoms with Crippen molar-refractivity contribution in [1.82, 2.24) is 0 Å². The van der Waals surface area contributed by atoms with Gasteiger partial charge in [0.1, 0.15) is 0 Å². The molecule has 0 radical (unpaired) electrons. The van der Waals surface area contributed by atoms with Gasteiger partial charge in [0.2, 0.25) is 0 Å². The summed E-state index contributed by atoms with van der Waals surface area (Å²) in [5.41, 5.74) is 0.264. The summed E-state index contributed by atoms with van der Waals surface area (Å²) in [6.07, 6.45) is 0.680. The Morgan fingerprint density at radius 1 is 1.04 bits per heavy atom. The number of ketones is 1. The molecular formula is C17H23BO5. The van der Waals surface area contributed by atoms with Crippen LogP contribution in [0.15, 0.2) is 24.3 Å². The number of carbonyl (C=O) groups is 2. The summed E-state index contributed by atoms with van der Waals surface area (Å²) in [6, 6.07) is 6.66. The first-order chi connectivity index (χ1) is 10.7. The van der Waals surface area contributed by atoms with Crippen LogP contribution in [-0.4, -0.2) is 36.7 Å². The van der Waals surface area contributed by atoms with E-state index in [1.165, 1.54) is 0 Å². The molecule has 0 saturated carbocycles. The third-order valence-corrected chi connectivity index (χ3v) is 4.32. The summed E-state index contributed by atoms with van der Waals surface area (Å²) in [7, 11) is -0.490. The minimum Gasteiger partial charge on any atom is -0.460 e. The summed E-state index contributed by atoms with van der Waals surface area (Å²) in [5.74, 6) is -1.46. The third-order valence-electron chi connectivity index (χ3n) is 4.32. The van der Waals surface area contributed by atoms with Crippen LogP contribution in [0.3, 0.4) is 0 Å². The highest BCUT2D eigenvalue weighted by atomic mass is 16.7. The monoisotopic (exact) mass is 318 g/mol. The molecule has 0 aliphatic carbocycles. The van der Waals surface area contributed by atoms with Crippen molar-refractivity contribution in [2.24, 2.45) is 0 Å². The van der Waals surface area contributed by atoms with Gasteiger partial charge >= 0.3 is 13.1 Å². The minimum atomic E-state index is -0.824. The van der Waals surface area contributed by atoms with Crippen molar-refractivity contribution in [3.63, 3.8) is 0 Å². The van der Waals surface area contributed by atoms with Gasteiger partial charge in [-0.25, -0.2) is 4.79 Å². The molecule has 0 atom stereocenters. The molecule has 0 bridgehead atoms. The molecule has 124 valence electrons. The van der Waals surface area contributed by atoms with E-state index in [2.05, 4.69) is 0 Å². The molecule has 0 amide bonds. The van der Waals surface area contributed by atoms with E-state index < -0.39 is 30.1 Å². The van der Waals surface area contributed by atoms with Crippen LogP contribution in [0.1, 0.15) is 51.4 Å².